The Balaban J connectivity index is 2.27. The van der Waals surface area contributed by atoms with Crippen LogP contribution >= 0.6 is 11.6 Å². The molecule has 1 heterocycles. The predicted octanol–water partition coefficient (Wildman–Crippen LogP) is 3.72. The molecule has 6 heteroatoms. The molecule has 128 valence electrons. The molecule has 1 amide bonds. The van der Waals surface area contributed by atoms with Gasteiger partial charge in [-0.2, -0.15) is 0 Å². The fourth-order valence-corrected chi connectivity index (χ4v) is 3.00. The zero-order valence-electron chi connectivity index (χ0n) is 14.0. The second-order valence-corrected chi connectivity index (χ2v) is 6.14. The quantitative estimate of drug-likeness (QED) is 0.835. The molecule has 5 nitrogen and oxygen atoms in total. The lowest BCUT2D eigenvalue weighted by Crippen LogP contribution is -2.30. The third-order valence-corrected chi connectivity index (χ3v) is 4.34. The van der Waals surface area contributed by atoms with Crippen LogP contribution in [0.15, 0.2) is 30.3 Å². The molecule has 1 aromatic carbocycles. The first kappa shape index (κ1) is 18.1. The van der Waals surface area contributed by atoms with E-state index < -0.39 is 12.0 Å². The molecule has 0 bridgehead atoms. The zero-order chi connectivity index (χ0) is 17.9. The van der Waals surface area contributed by atoms with Crippen molar-refractivity contribution < 1.29 is 14.7 Å². The molecule has 24 heavy (non-hydrogen) atoms. The zero-order valence-corrected chi connectivity index (χ0v) is 14.7. The molecule has 0 radical (unpaired) electrons. The summed E-state index contributed by atoms with van der Waals surface area (Å²) in [6.07, 6.45) is -0.195. The lowest BCUT2D eigenvalue weighted by Gasteiger charge is -2.18. The Morgan fingerprint density at radius 1 is 1.25 bits per heavy atom. The van der Waals surface area contributed by atoms with Crippen LogP contribution in [0.2, 0.25) is 5.02 Å². The highest BCUT2D eigenvalue weighted by Crippen LogP contribution is 2.22. The Labute approximate surface area is 146 Å². The average molecular weight is 349 g/mol. The second-order valence-electron chi connectivity index (χ2n) is 5.70. The van der Waals surface area contributed by atoms with Gasteiger partial charge in [0, 0.05) is 23.0 Å². The summed E-state index contributed by atoms with van der Waals surface area (Å²) in [6.45, 7) is 6.63. The van der Waals surface area contributed by atoms with Gasteiger partial charge in [-0.15, -0.1) is 0 Å². The molecule has 2 rings (SSSR count). The van der Waals surface area contributed by atoms with Crippen molar-refractivity contribution in [2.75, 3.05) is 0 Å². The molecule has 0 aliphatic carbocycles. The van der Waals surface area contributed by atoms with Gasteiger partial charge in [-0.05, 0) is 44.5 Å². The summed E-state index contributed by atoms with van der Waals surface area (Å²) in [5, 5.41) is 12.5. The van der Waals surface area contributed by atoms with Crippen molar-refractivity contribution in [3.63, 3.8) is 0 Å². The number of amides is 1. The number of hydrogen-bond donors (Lipinski definition) is 2. The Hall–Kier alpha value is -2.27. The van der Waals surface area contributed by atoms with Gasteiger partial charge in [0.1, 0.15) is 0 Å². The number of halogens is 1. The van der Waals surface area contributed by atoms with Crippen molar-refractivity contribution >= 4 is 23.5 Å². The maximum absolute atomic E-state index is 12.6. The van der Waals surface area contributed by atoms with E-state index in [0.29, 0.717) is 16.1 Å². The monoisotopic (exact) mass is 348 g/mol. The normalized spacial score (nSPS) is 12.0. The number of aliphatic carboxylic acids is 1. The standard InChI is InChI=1S/C18H21ClN2O3/c1-4-21-11(2)9-15(12(21)3)18(24)20-16(10-17(22)23)13-5-7-14(19)8-6-13/h5-9,16H,4,10H2,1-3H3,(H,20,24)(H,22,23)/t16-/m0/s1. The van der Waals surface area contributed by atoms with Gasteiger partial charge in [0.2, 0.25) is 0 Å². The Bertz CT molecular complexity index is 750. The summed E-state index contributed by atoms with van der Waals surface area (Å²) in [5.74, 6) is -1.25. The van der Waals surface area contributed by atoms with Crippen molar-refractivity contribution in [2.24, 2.45) is 0 Å². The first-order valence-corrected chi connectivity index (χ1v) is 8.16. The van der Waals surface area contributed by atoms with Crippen molar-refractivity contribution in [1.82, 2.24) is 9.88 Å². The van der Waals surface area contributed by atoms with Gasteiger partial charge in [-0.3, -0.25) is 9.59 Å². The van der Waals surface area contributed by atoms with Crippen LogP contribution < -0.4 is 5.32 Å². The summed E-state index contributed by atoms with van der Waals surface area (Å²) in [6, 6.07) is 8.03. The van der Waals surface area contributed by atoms with Gasteiger partial charge in [-0.1, -0.05) is 23.7 Å². The van der Waals surface area contributed by atoms with Crippen LogP contribution in [0.1, 0.15) is 46.7 Å². The maximum Gasteiger partial charge on any atom is 0.305 e. The van der Waals surface area contributed by atoms with Gasteiger partial charge in [0.15, 0.2) is 0 Å². The minimum atomic E-state index is -0.978. The van der Waals surface area contributed by atoms with Gasteiger partial charge >= 0.3 is 5.97 Å². The van der Waals surface area contributed by atoms with E-state index in [1.165, 1.54) is 0 Å². The molecular formula is C18H21ClN2O3. The molecule has 1 atom stereocenters. The van der Waals surface area contributed by atoms with E-state index in [0.717, 1.165) is 17.9 Å². The largest absolute Gasteiger partial charge is 0.481 e. The average Bonchev–Trinajstić information content (AvgIpc) is 2.81. The molecule has 2 aromatic rings. The number of benzene rings is 1. The topological polar surface area (TPSA) is 71.3 Å². The van der Waals surface area contributed by atoms with E-state index in [4.69, 9.17) is 16.7 Å². The van der Waals surface area contributed by atoms with E-state index in [2.05, 4.69) is 5.32 Å². The molecule has 0 spiro atoms. The van der Waals surface area contributed by atoms with Gasteiger partial charge < -0.3 is 15.0 Å². The lowest BCUT2D eigenvalue weighted by atomic mass is 10.0. The van der Waals surface area contributed by atoms with Crippen LogP contribution in [0.3, 0.4) is 0 Å². The van der Waals surface area contributed by atoms with Crippen LogP contribution in [0, 0.1) is 13.8 Å². The van der Waals surface area contributed by atoms with E-state index in [-0.39, 0.29) is 12.3 Å². The molecule has 0 fully saturated rings. The number of nitrogens with zero attached hydrogens (tertiary/aromatic N) is 1. The van der Waals surface area contributed by atoms with Crippen LogP contribution in [0.25, 0.3) is 0 Å². The first-order chi connectivity index (χ1) is 11.3. The number of carbonyl (C=O) groups is 2. The number of rotatable bonds is 6. The van der Waals surface area contributed by atoms with E-state index in [9.17, 15) is 9.59 Å². The number of hydrogen-bond acceptors (Lipinski definition) is 2. The molecule has 0 saturated heterocycles. The molecule has 1 aromatic heterocycles. The fourth-order valence-electron chi connectivity index (χ4n) is 2.88. The first-order valence-electron chi connectivity index (χ1n) is 7.78. The minimum Gasteiger partial charge on any atom is -0.481 e. The number of aromatic nitrogens is 1. The smallest absolute Gasteiger partial charge is 0.305 e. The highest BCUT2D eigenvalue weighted by atomic mass is 35.5. The van der Waals surface area contributed by atoms with E-state index in [1.54, 1.807) is 24.3 Å². The number of aryl methyl sites for hydroxylation is 1. The van der Waals surface area contributed by atoms with E-state index >= 15 is 0 Å². The fraction of sp³-hybridized carbons (Fsp3) is 0.333. The van der Waals surface area contributed by atoms with Crippen LogP contribution in [-0.4, -0.2) is 21.6 Å². The summed E-state index contributed by atoms with van der Waals surface area (Å²) >= 11 is 5.87. The van der Waals surface area contributed by atoms with Gasteiger partial charge in [0.05, 0.1) is 18.0 Å². The third-order valence-electron chi connectivity index (χ3n) is 4.09. The van der Waals surface area contributed by atoms with Crippen molar-refractivity contribution in [3.05, 3.63) is 57.9 Å². The summed E-state index contributed by atoms with van der Waals surface area (Å²) in [7, 11) is 0. The van der Waals surface area contributed by atoms with Crippen molar-refractivity contribution in [3.8, 4) is 0 Å². The second kappa shape index (κ2) is 7.53. The molecule has 0 saturated carbocycles. The van der Waals surface area contributed by atoms with Crippen LogP contribution in [0.5, 0.6) is 0 Å². The molecule has 0 aliphatic rings. The van der Waals surface area contributed by atoms with E-state index in [1.807, 2.05) is 31.4 Å². The summed E-state index contributed by atoms with van der Waals surface area (Å²) < 4.78 is 2.05. The van der Waals surface area contributed by atoms with Gasteiger partial charge in [0.25, 0.3) is 5.91 Å². The Kier molecular flexibility index (Phi) is 5.67. The van der Waals surface area contributed by atoms with Crippen LogP contribution in [-0.2, 0) is 11.3 Å². The Morgan fingerprint density at radius 3 is 2.38 bits per heavy atom. The SMILES string of the molecule is CCn1c(C)cc(C(=O)N[C@@H](CC(=O)O)c2ccc(Cl)cc2)c1C. The molecule has 2 N–H and O–H groups in total. The summed E-state index contributed by atoms with van der Waals surface area (Å²) in [5.41, 5.74) is 3.15. The molecular weight excluding hydrogens is 328 g/mol. The lowest BCUT2D eigenvalue weighted by molar-refractivity contribution is -0.137. The highest BCUT2D eigenvalue weighted by molar-refractivity contribution is 6.30. The summed E-state index contributed by atoms with van der Waals surface area (Å²) in [4.78, 5) is 23.8. The number of carbonyl (C=O) groups excluding carboxylic acids is 1. The van der Waals surface area contributed by atoms with Crippen molar-refractivity contribution in [1.29, 1.82) is 0 Å². The molecule has 0 aliphatic heterocycles. The highest BCUT2D eigenvalue weighted by Gasteiger charge is 2.21. The van der Waals surface area contributed by atoms with Gasteiger partial charge in [-0.25, -0.2) is 0 Å². The third kappa shape index (κ3) is 3.97. The Morgan fingerprint density at radius 2 is 1.88 bits per heavy atom. The number of nitrogens with one attached hydrogen (secondary N) is 1. The predicted molar refractivity (Wildman–Crippen MR) is 93.5 cm³/mol. The van der Waals surface area contributed by atoms with Crippen LogP contribution in [0.4, 0.5) is 0 Å². The number of carboxylic acids is 1. The minimum absolute atomic E-state index is 0.195. The number of carboxylic acid groups (broad SMARTS) is 1. The van der Waals surface area contributed by atoms with Crippen molar-refractivity contribution in [2.45, 2.75) is 39.8 Å². The maximum atomic E-state index is 12.6. The molecule has 0 unspecified atom stereocenters.